The zero-order chi connectivity index (χ0) is 20.1. The highest BCUT2D eigenvalue weighted by atomic mass is 32.2. The molecule has 6 nitrogen and oxygen atoms in total. The number of hydrogen-bond acceptors (Lipinski definition) is 6. The Morgan fingerprint density at radius 1 is 1.32 bits per heavy atom. The van der Waals surface area contributed by atoms with Gasteiger partial charge in [-0.05, 0) is 44.2 Å². The Labute approximate surface area is 170 Å². The SMILES string of the molecule is C=CCSc1nnc(NC(=O)/C=C/c2c(C)nn(-c3ccc(F)cc3)c2C)s1. The molecule has 3 aromatic rings. The molecule has 0 spiro atoms. The van der Waals surface area contributed by atoms with Crippen LogP contribution in [-0.2, 0) is 4.79 Å². The Kier molecular flexibility index (Phi) is 6.37. The number of aromatic nitrogens is 4. The maximum atomic E-state index is 13.1. The Morgan fingerprint density at radius 3 is 2.79 bits per heavy atom. The number of halogens is 1. The largest absolute Gasteiger partial charge is 0.297 e. The van der Waals surface area contributed by atoms with E-state index in [-0.39, 0.29) is 11.7 Å². The fraction of sp³-hybridized carbons (Fsp3) is 0.158. The maximum absolute atomic E-state index is 13.1. The van der Waals surface area contributed by atoms with Gasteiger partial charge >= 0.3 is 0 Å². The highest BCUT2D eigenvalue weighted by molar-refractivity contribution is 8.01. The summed E-state index contributed by atoms with van der Waals surface area (Å²) in [4.78, 5) is 12.2. The molecule has 28 heavy (non-hydrogen) atoms. The van der Waals surface area contributed by atoms with Crippen LogP contribution in [0, 0.1) is 19.7 Å². The van der Waals surface area contributed by atoms with Gasteiger partial charge in [-0.1, -0.05) is 29.2 Å². The lowest BCUT2D eigenvalue weighted by molar-refractivity contribution is -0.111. The van der Waals surface area contributed by atoms with E-state index in [1.807, 2.05) is 13.8 Å². The number of amides is 1. The van der Waals surface area contributed by atoms with E-state index in [2.05, 4.69) is 27.2 Å². The summed E-state index contributed by atoms with van der Waals surface area (Å²) in [5, 5.41) is 15.6. The fourth-order valence-electron chi connectivity index (χ4n) is 2.48. The van der Waals surface area contributed by atoms with Crippen molar-refractivity contribution < 1.29 is 9.18 Å². The average Bonchev–Trinajstić information content (AvgIpc) is 3.23. The number of anilines is 1. The first-order chi connectivity index (χ1) is 13.5. The summed E-state index contributed by atoms with van der Waals surface area (Å²) < 4.78 is 15.6. The molecule has 0 fully saturated rings. The van der Waals surface area contributed by atoms with Crippen LogP contribution in [0.3, 0.4) is 0 Å². The minimum atomic E-state index is -0.301. The number of aryl methyl sites for hydroxylation is 1. The molecule has 144 valence electrons. The molecule has 0 aliphatic carbocycles. The van der Waals surface area contributed by atoms with Crippen LogP contribution in [0.4, 0.5) is 9.52 Å². The van der Waals surface area contributed by atoms with Crippen LogP contribution < -0.4 is 5.32 Å². The predicted octanol–water partition coefficient (Wildman–Crippen LogP) is 4.41. The van der Waals surface area contributed by atoms with Gasteiger partial charge in [-0.15, -0.1) is 16.8 Å². The van der Waals surface area contributed by atoms with E-state index >= 15 is 0 Å². The molecule has 0 saturated heterocycles. The summed E-state index contributed by atoms with van der Waals surface area (Å²) >= 11 is 2.82. The molecule has 2 heterocycles. The second kappa shape index (κ2) is 8.94. The van der Waals surface area contributed by atoms with Gasteiger partial charge in [-0.2, -0.15) is 5.10 Å². The molecular formula is C19H18FN5OS2. The van der Waals surface area contributed by atoms with Crippen molar-refractivity contribution in [2.75, 3.05) is 11.1 Å². The van der Waals surface area contributed by atoms with E-state index in [0.29, 0.717) is 5.13 Å². The third kappa shape index (κ3) is 4.73. The van der Waals surface area contributed by atoms with Crippen molar-refractivity contribution in [3.8, 4) is 5.69 Å². The quantitative estimate of drug-likeness (QED) is 0.268. The van der Waals surface area contributed by atoms with Gasteiger partial charge in [0.15, 0.2) is 4.34 Å². The number of rotatable bonds is 7. The van der Waals surface area contributed by atoms with Crippen molar-refractivity contribution in [3.63, 3.8) is 0 Å². The molecule has 1 N–H and O–H groups in total. The molecule has 1 aromatic carbocycles. The number of carbonyl (C=O) groups is 1. The first-order valence-electron chi connectivity index (χ1n) is 8.36. The van der Waals surface area contributed by atoms with Crippen molar-refractivity contribution in [1.82, 2.24) is 20.0 Å². The zero-order valence-electron chi connectivity index (χ0n) is 15.3. The number of nitrogens with zero attached hydrogens (tertiary/aromatic N) is 4. The van der Waals surface area contributed by atoms with Gasteiger partial charge in [0.05, 0.1) is 11.4 Å². The van der Waals surface area contributed by atoms with E-state index in [4.69, 9.17) is 0 Å². The summed E-state index contributed by atoms with van der Waals surface area (Å²) in [6, 6.07) is 6.09. The van der Waals surface area contributed by atoms with Gasteiger partial charge in [-0.3, -0.25) is 10.1 Å². The van der Waals surface area contributed by atoms with Crippen molar-refractivity contribution in [3.05, 3.63) is 65.8 Å². The molecular weight excluding hydrogens is 397 g/mol. The van der Waals surface area contributed by atoms with Crippen LogP contribution in [0.25, 0.3) is 11.8 Å². The minimum absolute atomic E-state index is 0.301. The second-order valence-corrected chi connectivity index (χ2v) is 8.01. The topological polar surface area (TPSA) is 72.7 Å². The average molecular weight is 416 g/mol. The Morgan fingerprint density at radius 2 is 2.07 bits per heavy atom. The van der Waals surface area contributed by atoms with Crippen LogP contribution >= 0.6 is 23.1 Å². The molecule has 1 amide bonds. The van der Waals surface area contributed by atoms with Crippen molar-refractivity contribution in [1.29, 1.82) is 0 Å². The van der Waals surface area contributed by atoms with Gasteiger partial charge in [0.25, 0.3) is 0 Å². The minimum Gasteiger partial charge on any atom is -0.297 e. The van der Waals surface area contributed by atoms with Gasteiger partial charge in [-0.25, -0.2) is 9.07 Å². The van der Waals surface area contributed by atoms with Crippen LogP contribution in [0.5, 0.6) is 0 Å². The number of thioether (sulfide) groups is 1. The van der Waals surface area contributed by atoms with Gasteiger partial charge in [0, 0.05) is 23.1 Å². The molecule has 9 heteroatoms. The van der Waals surface area contributed by atoms with Crippen LogP contribution in [0.15, 0.2) is 47.3 Å². The Hall–Kier alpha value is -2.78. The van der Waals surface area contributed by atoms with Gasteiger partial charge < -0.3 is 0 Å². The first-order valence-corrected chi connectivity index (χ1v) is 10.2. The molecule has 0 atom stereocenters. The molecule has 0 unspecified atom stereocenters. The van der Waals surface area contributed by atoms with E-state index in [1.54, 1.807) is 29.0 Å². The number of carbonyl (C=O) groups excluding carboxylic acids is 1. The summed E-state index contributed by atoms with van der Waals surface area (Å²) in [6.45, 7) is 7.41. The Bertz CT molecular complexity index is 1020. The van der Waals surface area contributed by atoms with Crippen molar-refractivity contribution >= 4 is 40.2 Å². The molecule has 0 radical (unpaired) electrons. The third-order valence-corrected chi connectivity index (χ3v) is 5.75. The summed E-state index contributed by atoms with van der Waals surface area (Å²) in [6.07, 6.45) is 4.93. The van der Waals surface area contributed by atoms with E-state index in [9.17, 15) is 9.18 Å². The number of benzene rings is 1. The summed E-state index contributed by atoms with van der Waals surface area (Å²) in [5.41, 5.74) is 3.21. The predicted molar refractivity (Wildman–Crippen MR) is 111 cm³/mol. The van der Waals surface area contributed by atoms with Crippen LogP contribution in [0.2, 0.25) is 0 Å². The third-order valence-electron chi connectivity index (χ3n) is 3.78. The second-order valence-electron chi connectivity index (χ2n) is 5.77. The number of nitrogens with one attached hydrogen (secondary N) is 1. The van der Waals surface area contributed by atoms with Gasteiger partial charge in [0.2, 0.25) is 11.0 Å². The molecule has 2 aromatic heterocycles. The normalized spacial score (nSPS) is 11.1. The van der Waals surface area contributed by atoms with Crippen LogP contribution in [0.1, 0.15) is 17.0 Å². The molecule has 0 saturated carbocycles. The summed E-state index contributed by atoms with van der Waals surface area (Å²) in [7, 11) is 0. The molecule has 3 rings (SSSR count). The zero-order valence-corrected chi connectivity index (χ0v) is 17.0. The standard InChI is InChI=1S/C19H18FN5OS2/c1-4-11-27-19-23-22-18(28-19)21-17(26)10-9-16-12(2)24-25(13(16)3)15-7-5-14(20)6-8-15/h4-10H,1,11H2,2-3H3,(H,21,22,26)/b10-9+. The highest BCUT2D eigenvalue weighted by Gasteiger charge is 2.12. The molecule has 0 bridgehead atoms. The van der Waals surface area contributed by atoms with Crippen LogP contribution in [-0.4, -0.2) is 31.6 Å². The fourth-order valence-corrected chi connectivity index (χ4v) is 4.00. The molecule has 0 aliphatic rings. The lowest BCUT2D eigenvalue weighted by atomic mass is 10.2. The lowest BCUT2D eigenvalue weighted by Crippen LogP contribution is -2.07. The Balaban J connectivity index is 1.71. The number of hydrogen-bond donors (Lipinski definition) is 1. The van der Waals surface area contributed by atoms with Crippen molar-refractivity contribution in [2.24, 2.45) is 0 Å². The van der Waals surface area contributed by atoms with Gasteiger partial charge in [0.1, 0.15) is 5.82 Å². The summed E-state index contributed by atoms with van der Waals surface area (Å²) in [5.74, 6) is 0.133. The molecule has 0 aliphatic heterocycles. The maximum Gasteiger partial charge on any atom is 0.250 e. The van der Waals surface area contributed by atoms with E-state index in [1.165, 1.54) is 41.3 Å². The highest BCUT2D eigenvalue weighted by Crippen LogP contribution is 2.25. The monoisotopic (exact) mass is 415 g/mol. The van der Waals surface area contributed by atoms with E-state index < -0.39 is 0 Å². The first kappa shape index (κ1) is 20.0. The smallest absolute Gasteiger partial charge is 0.250 e. The van der Waals surface area contributed by atoms with E-state index in [0.717, 1.165) is 32.7 Å². The van der Waals surface area contributed by atoms with Crippen molar-refractivity contribution in [2.45, 2.75) is 18.2 Å². The lowest BCUT2D eigenvalue weighted by Gasteiger charge is -2.04.